The normalized spacial score (nSPS) is 10.6. The quantitative estimate of drug-likeness (QED) is 0.554. The zero-order valence-electron chi connectivity index (χ0n) is 13.2. The van der Waals surface area contributed by atoms with E-state index in [1.807, 2.05) is 54.6 Å². The van der Waals surface area contributed by atoms with E-state index in [4.69, 9.17) is 9.26 Å². The van der Waals surface area contributed by atoms with Crippen molar-refractivity contribution in [2.24, 2.45) is 0 Å². The van der Waals surface area contributed by atoms with Crippen LogP contribution in [-0.2, 0) is 6.61 Å². The van der Waals surface area contributed by atoms with E-state index in [-0.39, 0.29) is 6.61 Å². The number of benzene rings is 1. The van der Waals surface area contributed by atoms with Crippen molar-refractivity contribution in [2.75, 3.05) is 0 Å². The molecule has 0 fully saturated rings. The number of hydrogen-bond donors (Lipinski definition) is 0. The highest BCUT2D eigenvalue weighted by Gasteiger charge is 2.10. The van der Waals surface area contributed by atoms with Gasteiger partial charge in [-0.2, -0.15) is 4.98 Å². The number of rotatable bonds is 5. The molecule has 0 amide bonds. The molecular weight excluding hydrogens is 316 g/mol. The molecule has 6 heteroatoms. The Hall–Kier alpha value is -3.54. The summed E-state index contributed by atoms with van der Waals surface area (Å²) in [5, 5.41) is 3.94. The summed E-state index contributed by atoms with van der Waals surface area (Å²) in [6.07, 6.45) is 5.19. The predicted molar refractivity (Wildman–Crippen MR) is 91.5 cm³/mol. The molecule has 0 radical (unpaired) electrons. The zero-order valence-corrected chi connectivity index (χ0v) is 13.2. The van der Waals surface area contributed by atoms with Crippen molar-refractivity contribution in [3.8, 4) is 28.5 Å². The third-order valence-corrected chi connectivity index (χ3v) is 3.57. The van der Waals surface area contributed by atoms with Gasteiger partial charge in [0.1, 0.15) is 5.75 Å². The van der Waals surface area contributed by atoms with Crippen LogP contribution in [0, 0.1) is 0 Å². The summed E-state index contributed by atoms with van der Waals surface area (Å²) in [7, 11) is 0. The van der Waals surface area contributed by atoms with E-state index >= 15 is 0 Å². The van der Waals surface area contributed by atoms with Crippen molar-refractivity contribution in [2.45, 2.75) is 6.61 Å². The molecule has 1 aromatic carbocycles. The Balaban J connectivity index is 1.46. The first-order valence-electron chi connectivity index (χ1n) is 7.76. The summed E-state index contributed by atoms with van der Waals surface area (Å²) < 4.78 is 10.9. The van der Waals surface area contributed by atoms with Gasteiger partial charge in [0.2, 0.25) is 5.82 Å². The van der Waals surface area contributed by atoms with Crippen LogP contribution in [0.5, 0.6) is 5.75 Å². The third kappa shape index (κ3) is 3.53. The van der Waals surface area contributed by atoms with Crippen molar-refractivity contribution < 1.29 is 9.26 Å². The molecule has 4 rings (SSSR count). The van der Waals surface area contributed by atoms with E-state index in [9.17, 15) is 0 Å². The minimum absolute atomic E-state index is 0.246. The second-order valence-corrected chi connectivity index (χ2v) is 5.29. The fourth-order valence-electron chi connectivity index (χ4n) is 2.31. The van der Waals surface area contributed by atoms with Gasteiger partial charge in [-0.1, -0.05) is 23.4 Å². The first-order valence-corrected chi connectivity index (χ1v) is 7.76. The molecule has 0 unspecified atom stereocenters. The van der Waals surface area contributed by atoms with E-state index in [1.54, 1.807) is 18.6 Å². The predicted octanol–water partition coefficient (Wildman–Crippen LogP) is 3.77. The van der Waals surface area contributed by atoms with E-state index in [2.05, 4.69) is 20.1 Å². The number of ether oxygens (including phenoxy) is 1. The number of nitrogens with zero attached hydrogens (tertiary/aromatic N) is 4. The molecule has 3 heterocycles. The van der Waals surface area contributed by atoms with Gasteiger partial charge < -0.3 is 9.26 Å². The van der Waals surface area contributed by atoms with E-state index < -0.39 is 0 Å². The number of para-hydroxylation sites is 1. The topological polar surface area (TPSA) is 73.9 Å². The fraction of sp³-hybridized carbons (Fsp3) is 0.0526. The summed E-state index contributed by atoms with van der Waals surface area (Å²) in [6, 6.07) is 17.1. The van der Waals surface area contributed by atoms with Gasteiger partial charge in [-0.05, 0) is 36.4 Å². The molecule has 0 atom stereocenters. The standard InChI is InChI=1S/C19H14N4O2/c1-2-4-16(5-3-1)24-13-18-22-19(25-23-18)15-6-7-17(21-12-15)14-8-10-20-11-9-14/h1-12H,13H2. The highest BCUT2D eigenvalue weighted by molar-refractivity contribution is 5.61. The van der Waals surface area contributed by atoms with Crippen LogP contribution in [0.4, 0.5) is 0 Å². The Labute approximate surface area is 144 Å². The van der Waals surface area contributed by atoms with Gasteiger partial charge in [-0.3, -0.25) is 9.97 Å². The van der Waals surface area contributed by atoms with Crippen molar-refractivity contribution in [3.63, 3.8) is 0 Å². The van der Waals surface area contributed by atoms with Gasteiger partial charge in [0.15, 0.2) is 6.61 Å². The maximum atomic E-state index is 5.61. The maximum absolute atomic E-state index is 5.61. The molecule has 0 aliphatic rings. The molecule has 0 bridgehead atoms. The fourth-order valence-corrected chi connectivity index (χ4v) is 2.31. The molecule has 0 aliphatic carbocycles. The van der Waals surface area contributed by atoms with Crippen LogP contribution >= 0.6 is 0 Å². The number of pyridine rings is 2. The van der Waals surface area contributed by atoms with E-state index in [1.165, 1.54) is 0 Å². The molecule has 0 saturated heterocycles. The molecular formula is C19H14N4O2. The Morgan fingerprint density at radius 3 is 2.48 bits per heavy atom. The SMILES string of the molecule is c1ccc(OCc2noc(-c3ccc(-c4ccncc4)nc3)n2)cc1. The lowest BCUT2D eigenvalue weighted by atomic mass is 10.1. The Kier molecular flexibility index (Phi) is 4.16. The molecule has 0 saturated carbocycles. The highest BCUT2D eigenvalue weighted by atomic mass is 16.5. The summed E-state index contributed by atoms with van der Waals surface area (Å²) in [4.78, 5) is 12.8. The average Bonchev–Trinajstić information content (AvgIpc) is 3.17. The number of hydrogen-bond acceptors (Lipinski definition) is 6. The van der Waals surface area contributed by atoms with Gasteiger partial charge in [-0.25, -0.2) is 0 Å². The van der Waals surface area contributed by atoms with Crippen LogP contribution in [-0.4, -0.2) is 20.1 Å². The van der Waals surface area contributed by atoms with Crippen LogP contribution in [0.25, 0.3) is 22.7 Å². The minimum atomic E-state index is 0.246. The van der Waals surface area contributed by atoms with Crippen LogP contribution in [0.3, 0.4) is 0 Å². The van der Waals surface area contributed by atoms with Crippen LogP contribution < -0.4 is 4.74 Å². The molecule has 6 nitrogen and oxygen atoms in total. The smallest absolute Gasteiger partial charge is 0.259 e. The van der Waals surface area contributed by atoms with Crippen LogP contribution in [0.15, 0.2) is 77.7 Å². The van der Waals surface area contributed by atoms with Gasteiger partial charge in [0.05, 0.1) is 11.3 Å². The van der Waals surface area contributed by atoms with Gasteiger partial charge >= 0.3 is 0 Å². The molecule has 122 valence electrons. The summed E-state index contributed by atoms with van der Waals surface area (Å²) in [5.41, 5.74) is 2.62. The summed E-state index contributed by atoms with van der Waals surface area (Å²) >= 11 is 0. The van der Waals surface area contributed by atoms with E-state index in [0.717, 1.165) is 22.6 Å². The van der Waals surface area contributed by atoms with Crippen molar-refractivity contribution >= 4 is 0 Å². The second-order valence-electron chi connectivity index (χ2n) is 5.29. The average molecular weight is 330 g/mol. The monoisotopic (exact) mass is 330 g/mol. The molecule has 3 aromatic heterocycles. The Morgan fingerprint density at radius 2 is 1.72 bits per heavy atom. The lowest BCUT2D eigenvalue weighted by Gasteiger charge is -2.01. The molecule has 0 aliphatic heterocycles. The highest BCUT2D eigenvalue weighted by Crippen LogP contribution is 2.21. The molecule has 0 N–H and O–H groups in total. The van der Waals surface area contributed by atoms with Gasteiger partial charge in [-0.15, -0.1) is 0 Å². The lowest BCUT2D eigenvalue weighted by Crippen LogP contribution is -1.97. The van der Waals surface area contributed by atoms with Crippen molar-refractivity contribution in [1.82, 2.24) is 20.1 Å². The third-order valence-electron chi connectivity index (χ3n) is 3.57. The minimum Gasteiger partial charge on any atom is -0.485 e. The summed E-state index contributed by atoms with van der Waals surface area (Å²) in [6.45, 7) is 0.246. The summed E-state index contributed by atoms with van der Waals surface area (Å²) in [5.74, 6) is 1.66. The first kappa shape index (κ1) is 15.0. The Morgan fingerprint density at radius 1 is 0.880 bits per heavy atom. The molecule has 0 spiro atoms. The van der Waals surface area contributed by atoms with E-state index in [0.29, 0.717) is 11.7 Å². The van der Waals surface area contributed by atoms with Crippen molar-refractivity contribution in [3.05, 3.63) is 79.0 Å². The van der Waals surface area contributed by atoms with Crippen LogP contribution in [0.2, 0.25) is 0 Å². The second kappa shape index (κ2) is 6.92. The first-order chi connectivity index (χ1) is 12.4. The lowest BCUT2D eigenvalue weighted by molar-refractivity contribution is 0.287. The maximum Gasteiger partial charge on any atom is 0.259 e. The van der Waals surface area contributed by atoms with Crippen molar-refractivity contribution in [1.29, 1.82) is 0 Å². The van der Waals surface area contributed by atoms with Gasteiger partial charge in [0.25, 0.3) is 5.89 Å². The Bertz CT molecular complexity index is 938. The number of aromatic nitrogens is 4. The largest absolute Gasteiger partial charge is 0.485 e. The molecule has 25 heavy (non-hydrogen) atoms. The zero-order chi connectivity index (χ0) is 16.9. The molecule has 4 aromatic rings. The van der Waals surface area contributed by atoms with Gasteiger partial charge in [0, 0.05) is 24.2 Å². The van der Waals surface area contributed by atoms with Crippen LogP contribution in [0.1, 0.15) is 5.82 Å².